The molecule has 1 aromatic carbocycles. The molecule has 0 radical (unpaired) electrons. The van der Waals surface area contributed by atoms with Gasteiger partial charge in [0.05, 0.1) is 22.7 Å². The van der Waals surface area contributed by atoms with Crippen LogP contribution in [0.3, 0.4) is 0 Å². The molecule has 27 heavy (non-hydrogen) atoms. The maximum absolute atomic E-state index is 12.3. The third kappa shape index (κ3) is 4.94. The minimum absolute atomic E-state index is 0.0413. The fraction of sp³-hybridized carbons (Fsp3) is 0.556. The van der Waals surface area contributed by atoms with Crippen molar-refractivity contribution < 1.29 is 24.0 Å². The number of carbonyl (C=O) groups excluding carboxylic acids is 2. The van der Waals surface area contributed by atoms with E-state index in [1.807, 2.05) is 13.8 Å². The van der Waals surface area contributed by atoms with E-state index >= 15 is 0 Å². The lowest BCUT2D eigenvalue weighted by Gasteiger charge is -2.35. The topological polar surface area (TPSA) is 111 Å². The van der Waals surface area contributed by atoms with E-state index < -0.39 is 17.5 Å². The number of amides is 1. The summed E-state index contributed by atoms with van der Waals surface area (Å²) in [4.78, 5) is 36.8. The average Bonchev–Trinajstić information content (AvgIpc) is 3.42. The summed E-state index contributed by atoms with van der Waals surface area (Å²) in [5.74, 6) is -1.08. The number of nitro benzene ring substituents is 1. The lowest BCUT2D eigenvalue weighted by Crippen LogP contribution is -2.49. The summed E-state index contributed by atoms with van der Waals surface area (Å²) in [6, 6.07) is 4.39. The predicted octanol–water partition coefficient (Wildman–Crippen LogP) is 1.96. The van der Waals surface area contributed by atoms with Crippen LogP contribution in [-0.2, 0) is 14.3 Å². The van der Waals surface area contributed by atoms with Gasteiger partial charge >= 0.3 is 5.97 Å². The molecule has 2 atom stereocenters. The van der Waals surface area contributed by atoms with E-state index in [0.29, 0.717) is 18.8 Å². The van der Waals surface area contributed by atoms with Crippen molar-refractivity contribution in [2.45, 2.75) is 44.9 Å². The van der Waals surface area contributed by atoms with E-state index in [1.165, 1.54) is 18.2 Å². The van der Waals surface area contributed by atoms with Gasteiger partial charge in [0.25, 0.3) is 11.6 Å². The smallest absolute Gasteiger partial charge is 0.338 e. The molecule has 2 fully saturated rings. The summed E-state index contributed by atoms with van der Waals surface area (Å²) in [5, 5.41) is 14.3. The molecule has 1 saturated heterocycles. The maximum Gasteiger partial charge on any atom is 0.338 e. The molecule has 9 nitrogen and oxygen atoms in total. The molecule has 1 aromatic rings. The van der Waals surface area contributed by atoms with Crippen LogP contribution in [0.25, 0.3) is 0 Å². The molecule has 2 aliphatic rings. The second-order valence-corrected chi connectivity index (χ2v) is 7.04. The van der Waals surface area contributed by atoms with E-state index in [0.717, 1.165) is 12.8 Å². The Balaban J connectivity index is 1.61. The molecule has 0 unspecified atom stereocenters. The van der Waals surface area contributed by atoms with Crippen LogP contribution in [0, 0.1) is 10.1 Å². The molecule has 1 amide bonds. The van der Waals surface area contributed by atoms with Crippen LogP contribution in [0.5, 0.6) is 0 Å². The number of nitrogens with zero attached hydrogens (tertiary/aromatic N) is 2. The Labute approximate surface area is 156 Å². The average molecular weight is 377 g/mol. The van der Waals surface area contributed by atoms with Gasteiger partial charge in [0.1, 0.15) is 5.69 Å². The van der Waals surface area contributed by atoms with Crippen LogP contribution < -0.4 is 5.32 Å². The Bertz CT molecular complexity index is 739. The second kappa shape index (κ2) is 7.91. The fourth-order valence-corrected chi connectivity index (χ4v) is 3.06. The highest BCUT2D eigenvalue weighted by Crippen LogP contribution is 2.31. The highest BCUT2D eigenvalue weighted by molar-refractivity contribution is 5.93. The first-order valence-corrected chi connectivity index (χ1v) is 8.99. The highest BCUT2D eigenvalue weighted by Gasteiger charge is 2.28. The van der Waals surface area contributed by atoms with Gasteiger partial charge in [0.15, 0.2) is 6.61 Å². The van der Waals surface area contributed by atoms with Gasteiger partial charge < -0.3 is 19.7 Å². The third-order valence-corrected chi connectivity index (χ3v) is 4.47. The van der Waals surface area contributed by atoms with E-state index in [9.17, 15) is 19.7 Å². The largest absolute Gasteiger partial charge is 0.452 e. The van der Waals surface area contributed by atoms with Gasteiger partial charge in [-0.3, -0.25) is 14.9 Å². The van der Waals surface area contributed by atoms with Crippen molar-refractivity contribution in [1.29, 1.82) is 0 Å². The first-order valence-electron chi connectivity index (χ1n) is 8.99. The number of esters is 1. The zero-order valence-corrected chi connectivity index (χ0v) is 15.3. The molecule has 3 rings (SSSR count). The summed E-state index contributed by atoms with van der Waals surface area (Å²) in [6.45, 7) is 4.21. The van der Waals surface area contributed by atoms with Gasteiger partial charge in [-0.05, 0) is 38.8 Å². The lowest BCUT2D eigenvalue weighted by molar-refractivity contribution is -0.384. The maximum atomic E-state index is 12.3. The summed E-state index contributed by atoms with van der Waals surface area (Å²) >= 11 is 0. The zero-order valence-electron chi connectivity index (χ0n) is 15.3. The van der Waals surface area contributed by atoms with Gasteiger partial charge in [-0.15, -0.1) is 0 Å². The van der Waals surface area contributed by atoms with E-state index in [-0.39, 0.29) is 35.4 Å². The molecule has 1 N–H and O–H groups in total. The van der Waals surface area contributed by atoms with Crippen LogP contribution in [0.4, 0.5) is 11.4 Å². The second-order valence-electron chi connectivity index (χ2n) is 7.04. The molecule has 9 heteroatoms. The van der Waals surface area contributed by atoms with E-state index in [2.05, 4.69) is 5.32 Å². The van der Waals surface area contributed by atoms with Crippen molar-refractivity contribution >= 4 is 23.3 Å². The Morgan fingerprint density at radius 3 is 2.56 bits per heavy atom. The number of carbonyl (C=O) groups is 2. The van der Waals surface area contributed by atoms with Crippen molar-refractivity contribution in [2.75, 3.05) is 25.0 Å². The van der Waals surface area contributed by atoms with Crippen LogP contribution in [0.2, 0.25) is 0 Å². The minimum atomic E-state index is -0.765. The summed E-state index contributed by atoms with van der Waals surface area (Å²) in [6.07, 6.45) is 1.79. The SMILES string of the molecule is C[C@@H]1CN(C(=O)COC(=O)c2ccc(NC3CC3)c([N+](=O)[O-])c2)C[C@H](C)O1. The summed E-state index contributed by atoms with van der Waals surface area (Å²) < 4.78 is 10.6. The van der Waals surface area contributed by atoms with Crippen molar-refractivity contribution in [3.8, 4) is 0 Å². The molecule has 0 aromatic heterocycles. The van der Waals surface area contributed by atoms with Crippen LogP contribution in [-0.4, -0.2) is 59.6 Å². The number of anilines is 1. The Kier molecular flexibility index (Phi) is 5.59. The van der Waals surface area contributed by atoms with Gasteiger partial charge in [-0.2, -0.15) is 0 Å². The Morgan fingerprint density at radius 1 is 1.30 bits per heavy atom. The number of nitro groups is 1. The molecule has 0 bridgehead atoms. The number of hydrogen-bond donors (Lipinski definition) is 1. The normalized spacial score (nSPS) is 22.2. The quantitative estimate of drug-likeness (QED) is 0.458. The van der Waals surface area contributed by atoms with Crippen LogP contribution in [0.1, 0.15) is 37.0 Å². The molecule has 1 aliphatic heterocycles. The van der Waals surface area contributed by atoms with Crippen LogP contribution in [0.15, 0.2) is 18.2 Å². The van der Waals surface area contributed by atoms with Crippen molar-refractivity contribution in [2.24, 2.45) is 0 Å². The van der Waals surface area contributed by atoms with Crippen molar-refractivity contribution in [3.05, 3.63) is 33.9 Å². The Morgan fingerprint density at radius 2 is 1.96 bits per heavy atom. The highest BCUT2D eigenvalue weighted by atomic mass is 16.6. The van der Waals surface area contributed by atoms with Crippen LogP contribution >= 0.6 is 0 Å². The first-order chi connectivity index (χ1) is 12.8. The van der Waals surface area contributed by atoms with Gasteiger partial charge in [0, 0.05) is 25.2 Å². The number of hydrogen-bond acceptors (Lipinski definition) is 7. The molecule has 1 saturated carbocycles. The van der Waals surface area contributed by atoms with Crippen molar-refractivity contribution in [3.63, 3.8) is 0 Å². The molecule has 146 valence electrons. The number of morpholine rings is 1. The van der Waals surface area contributed by atoms with E-state index in [1.54, 1.807) is 4.90 Å². The monoisotopic (exact) mass is 377 g/mol. The standard InChI is InChI=1S/C18H23N3O6/c1-11-8-20(9-12(2)27-11)17(22)10-26-18(23)13-3-6-15(19-14-4-5-14)16(7-13)21(24)25/h3,6-7,11-12,14,19H,4-5,8-10H2,1-2H3/t11-,12+. The fourth-order valence-electron chi connectivity index (χ4n) is 3.06. The zero-order chi connectivity index (χ0) is 19.6. The van der Waals surface area contributed by atoms with Gasteiger partial charge in [-0.25, -0.2) is 4.79 Å². The van der Waals surface area contributed by atoms with E-state index in [4.69, 9.17) is 9.47 Å². The molecule has 1 heterocycles. The predicted molar refractivity (Wildman–Crippen MR) is 96.6 cm³/mol. The number of nitrogens with one attached hydrogen (secondary N) is 1. The summed E-state index contributed by atoms with van der Waals surface area (Å²) in [7, 11) is 0. The molecular weight excluding hydrogens is 354 g/mol. The minimum Gasteiger partial charge on any atom is -0.452 e. The molecule has 1 aliphatic carbocycles. The van der Waals surface area contributed by atoms with Gasteiger partial charge in [0.2, 0.25) is 0 Å². The number of rotatable bonds is 6. The molecular formula is C18H23N3O6. The number of benzene rings is 1. The molecule has 0 spiro atoms. The lowest BCUT2D eigenvalue weighted by atomic mass is 10.1. The van der Waals surface area contributed by atoms with Crippen molar-refractivity contribution in [1.82, 2.24) is 4.90 Å². The number of ether oxygens (including phenoxy) is 2. The Hall–Kier alpha value is -2.68. The third-order valence-electron chi connectivity index (χ3n) is 4.47. The van der Waals surface area contributed by atoms with Gasteiger partial charge in [-0.1, -0.05) is 0 Å². The first kappa shape index (κ1) is 19.1. The summed E-state index contributed by atoms with van der Waals surface area (Å²) in [5.41, 5.74) is 0.240.